The van der Waals surface area contributed by atoms with Crippen LogP contribution in [-0.2, 0) is 9.59 Å². The van der Waals surface area contributed by atoms with E-state index in [4.69, 9.17) is 9.47 Å². The van der Waals surface area contributed by atoms with E-state index in [0.29, 0.717) is 47.7 Å². The highest BCUT2D eigenvalue weighted by molar-refractivity contribution is 9.10. The van der Waals surface area contributed by atoms with Crippen LogP contribution < -0.4 is 20.1 Å². The van der Waals surface area contributed by atoms with Crippen molar-refractivity contribution >= 4 is 39.5 Å². The Morgan fingerprint density at radius 2 is 1.81 bits per heavy atom. The minimum atomic E-state index is -0.826. The molecule has 3 aliphatic rings. The Morgan fingerprint density at radius 3 is 2.52 bits per heavy atom. The van der Waals surface area contributed by atoms with E-state index >= 15 is 0 Å². The maximum atomic E-state index is 12.8. The Morgan fingerprint density at radius 1 is 1.15 bits per heavy atom. The van der Waals surface area contributed by atoms with Crippen molar-refractivity contribution in [3.8, 4) is 11.5 Å². The van der Waals surface area contributed by atoms with Crippen molar-refractivity contribution in [2.75, 3.05) is 25.1 Å². The lowest BCUT2D eigenvalue weighted by Gasteiger charge is -2.30. The number of nitrogens with one attached hydrogen (secondary N) is 2. The summed E-state index contributed by atoms with van der Waals surface area (Å²) in [5.41, 5.74) is -0.337. The fourth-order valence-electron chi connectivity index (χ4n) is 3.81. The quantitative estimate of drug-likeness (QED) is 0.707. The number of ether oxygens (including phenoxy) is 2. The Kier molecular flexibility index (Phi) is 4.71. The molecule has 2 N–H and O–H groups in total. The van der Waals surface area contributed by atoms with Crippen LogP contribution in [-0.4, -0.2) is 48.0 Å². The second-order valence-electron chi connectivity index (χ2n) is 6.99. The van der Waals surface area contributed by atoms with Crippen LogP contribution in [0.5, 0.6) is 11.5 Å². The van der Waals surface area contributed by atoms with Gasteiger partial charge in [-0.2, -0.15) is 0 Å². The molecule has 0 bridgehead atoms. The van der Waals surface area contributed by atoms with Crippen LogP contribution in [0.1, 0.15) is 32.1 Å². The van der Waals surface area contributed by atoms with E-state index in [-0.39, 0.29) is 12.5 Å². The van der Waals surface area contributed by atoms with Crippen molar-refractivity contribution in [3.05, 3.63) is 16.6 Å². The number of nitrogens with zero attached hydrogens (tertiary/aromatic N) is 1. The third-order valence-electron chi connectivity index (χ3n) is 5.16. The number of anilines is 1. The van der Waals surface area contributed by atoms with E-state index in [0.717, 1.165) is 24.2 Å². The van der Waals surface area contributed by atoms with Gasteiger partial charge in [-0.25, -0.2) is 4.79 Å². The van der Waals surface area contributed by atoms with Crippen molar-refractivity contribution in [2.45, 2.75) is 37.6 Å². The average molecular weight is 438 g/mol. The van der Waals surface area contributed by atoms with E-state index in [1.54, 1.807) is 12.1 Å². The molecule has 9 heteroatoms. The fraction of sp³-hybridized carbons (Fsp3) is 0.500. The monoisotopic (exact) mass is 437 g/mol. The molecule has 1 aliphatic carbocycles. The molecule has 4 amide bonds. The van der Waals surface area contributed by atoms with Crippen LogP contribution in [0.3, 0.4) is 0 Å². The van der Waals surface area contributed by atoms with Gasteiger partial charge in [-0.05, 0) is 28.8 Å². The first-order valence-electron chi connectivity index (χ1n) is 9.02. The molecule has 2 fully saturated rings. The van der Waals surface area contributed by atoms with E-state index in [1.165, 1.54) is 0 Å². The lowest BCUT2D eigenvalue weighted by atomic mass is 9.82. The maximum Gasteiger partial charge on any atom is 0.325 e. The average Bonchev–Trinajstić information content (AvgIpc) is 2.87. The standard InChI is InChI=1S/C18H20BrN3O5/c19-11-8-13-14(27-7-6-26-13)9-12(11)20-15(23)10-22-16(24)18(21-17(22)25)4-2-1-3-5-18/h8-9H,1-7,10H2,(H,20,23)(H,21,25). The lowest BCUT2D eigenvalue weighted by molar-refractivity contribution is -0.134. The van der Waals surface area contributed by atoms with Crippen molar-refractivity contribution in [2.24, 2.45) is 0 Å². The molecule has 8 nitrogen and oxygen atoms in total. The number of halogens is 1. The number of rotatable bonds is 3. The van der Waals surface area contributed by atoms with Gasteiger partial charge in [0.05, 0.1) is 5.69 Å². The number of amides is 4. The Bertz CT molecular complexity index is 806. The SMILES string of the molecule is O=C(CN1C(=O)NC2(CCCCC2)C1=O)Nc1cc2c(cc1Br)OCCO2. The van der Waals surface area contributed by atoms with Gasteiger partial charge < -0.3 is 20.1 Å². The summed E-state index contributed by atoms with van der Waals surface area (Å²) in [6.45, 7) is 0.582. The Balaban J connectivity index is 1.45. The summed E-state index contributed by atoms with van der Waals surface area (Å²) >= 11 is 3.39. The molecule has 1 saturated heterocycles. The number of carbonyl (C=O) groups excluding carboxylic acids is 3. The highest BCUT2D eigenvalue weighted by Gasteiger charge is 2.51. The smallest absolute Gasteiger partial charge is 0.325 e. The molecule has 144 valence electrons. The van der Waals surface area contributed by atoms with Crippen molar-refractivity contribution in [1.29, 1.82) is 0 Å². The molecule has 1 saturated carbocycles. The maximum absolute atomic E-state index is 12.8. The van der Waals surface area contributed by atoms with Gasteiger partial charge in [0.2, 0.25) is 5.91 Å². The largest absolute Gasteiger partial charge is 0.486 e. The summed E-state index contributed by atoms with van der Waals surface area (Å²) in [7, 11) is 0. The Labute approximate surface area is 164 Å². The summed E-state index contributed by atoms with van der Waals surface area (Å²) in [6.07, 6.45) is 4.11. The number of carbonyl (C=O) groups is 3. The van der Waals surface area contributed by atoms with Gasteiger partial charge in [0.15, 0.2) is 11.5 Å². The molecule has 1 spiro atoms. The zero-order chi connectivity index (χ0) is 19.0. The molecule has 0 aromatic heterocycles. The van der Waals surface area contributed by atoms with Gasteiger partial charge in [-0.15, -0.1) is 0 Å². The van der Waals surface area contributed by atoms with Crippen molar-refractivity contribution < 1.29 is 23.9 Å². The highest BCUT2D eigenvalue weighted by atomic mass is 79.9. The molecule has 4 rings (SSSR count). The minimum Gasteiger partial charge on any atom is -0.486 e. The molecule has 0 atom stereocenters. The molecular weight excluding hydrogens is 418 g/mol. The minimum absolute atomic E-state index is 0.302. The zero-order valence-electron chi connectivity index (χ0n) is 14.7. The Hall–Kier alpha value is -2.29. The molecule has 0 radical (unpaired) electrons. The first kappa shape index (κ1) is 18.1. The summed E-state index contributed by atoms with van der Waals surface area (Å²) in [6, 6.07) is 2.87. The molecule has 2 heterocycles. The summed E-state index contributed by atoms with van der Waals surface area (Å²) in [4.78, 5) is 38.5. The second-order valence-corrected chi connectivity index (χ2v) is 7.84. The summed E-state index contributed by atoms with van der Waals surface area (Å²) < 4.78 is 11.6. The van der Waals surface area contributed by atoms with Gasteiger partial charge >= 0.3 is 6.03 Å². The van der Waals surface area contributed by atoms with E-state index < -0.39 is 17.5 Å². The van der Waals surface area contributed by atoms with Gasteiger partial charge in [0.1, 0.15) is 25.3 Å². The predicted octanol–water partition coefficient (Wildman–Crippen LogP) is 2.41. The van der Waals surface area contributed by atoms with E-state index in [1.807, 2.05) is 0 Å². The van der Waals surface area contributed by atoms with Crippen molar-refractivity contribution in [1.82, 2.24) is 10.2 Å². The third-order valence-corrected chi connectivity index (χ3v) is 5.82. The lowest BCUT2D eigenvalue weighted by Crippen LogP contribution is -2.48. The normalized spacial score (nSPS) is 20.6. The van der Waals surface area contributed by atoms with E-state index in [2.05, 4.69) is 26.6 Å². The number of imide groups is 1. The molecule has 0 unspecified atom stereocenters. The van der Waals surface area contributed by atoms with Gasteiger partial charge in [-0.3, -0.25) is 14.5 Å². The van der Waals surface area contributed by atoms with Gasteiger partial charge in [0.25, 0.3) is 5.91 Å². The number of hydrogen-bond donors (Lipinski definition) is 2. The molecule has 2 aliphatic heterocycles. The van der Waals surface area contributed by atoms with Crippen LogP contribution in [0.25, 0.3) is 0 Å². The first-order chi connectivity index (χ1) is 13.0. The highest BCUT2D eigenvalue weighted by Crippen LogP contribution is 2.38. The second kappa shape index (κ2) is 7.03. The summed E-state index contributed by atoms with van der Waals surface area (Å²) in [5.74, 6) is 0.377. The van der Waals surface area contributed by atoms with Crippen LogP contribution in [0.4, 0.5) is 10.5 Å². The van der Waals surface area contributed by atoms with E-state index in [9.17, 15) is 14.4 Å². The molecule has 1 aromatic carbocycles. The fourth-order valence-corrected chi connectivity index (χ4v) is 4.23. The number of hydrogen-bond acceptors (Lipinski definition) is 5. The predicted molar refractivity (Wildman–Crippen MR) is 99.8 cm³/mol. The van der Waals surface area contributed by atoms with Gasteiger partial charge in [-0.1, -0.05) is 19.3 Å². The van der Waals surface area contributed by atoms with Crippen molar-refractivity contribution in [3.63, 3.8) is 0 Å². The molecule has 1 aromatic rings. The first-order valence-corrected chi connectivity index (χ1v) is 9.81. The van der Waals surface area contributed by atoms with Gasteiger partial charge in [0, 0.05) is 16.6 Å². The molecular formula is C18H20BrN3O5. The van der Waals surface area contributed by atoms with Crippen LogP contribution in [0.2, 0.25) is 0 Å². The number of fused-ring (bicyclic) bond motifs is 1. The van der Waals surface area contributed by atoms with Crippen LogP contribution in [0, 0.1) is 0 Å². The number of urea groups is 1. The van der Waals surface area contributed by atoms with Crippen LogP contribution in [0.15, 0.2) is 16.6 Å². The zero-order valence-corrected chi connectivity index (χ0v) is 16.3. The number of benzene rings is 1. The topological polar surface area (TPSA) is 97.0 Å². The van der Waals surface area contributed by atoms with Crippen LogP contribution >= 0.6 is 15.9 Å². The summed E-state index contributed by atoms with van der Waals surface area (Å²) in [5, 5.41) is 5.53. The molecule has 27 heavy (non-hydrogen) atoms. The third kappa shape index (κ3) is 3.36.